The van der Waals surface area contributed by atoms with E-state index in [2.05, 4.69) is 12.5 Å². The first-order chi connectivity index (χ1) is 7.88. The summed E-state index contributed by atoms with van der Waals surface area (Å²) in [6.07, 6.45) is 6.17. The lowest BCUT2D eigenvalue weighted by Crippen LogP contribution is -2.36. The van der Waals surface area contributed by atoms with Crippen molar-refractivity contribution in [1.29, 1.82) is 0 Å². The van der Waals surface area contributed by atoms with E-state index in [-0.39, 0.29) is 0 Å². The first-order valence-electron chi connectivity index (χ1n) is 6.10. The molecule has 3 heteroatoms. The molecule has 0 spiro atoms. The predicted octanol–water partition coefficient (Wildman–Crippen LogP) is 3.36. The molecule has 0 fully saturated rings. The molecule has 0 bridgehead atoms. The van der Waals surface area contributed by atoms with Gasteiger partial charge in [0.15, 0.2) is 0 Å². The van der Waals surface area contributed by atoms with Crippen molar-refractivity contribution in [3.8, 4) is 0 Å². The molecule has 1 aromatic rings. The van der Waals surface area contributed by atoms with E-state index in [9.17, 15) is 0 Å². The maximum Gasteiger partial charge on any atom is 0.0541 e. The lowest BCUT2D eigenvalue weighted by Gasteiger charge is -2.21. The van der Waals surface area contributed by atoms with Crippen LogP contribution in [0.2, 0.25) is 0 Å². The number of rotatable bonds is 8. The van der Waals surface area contributed by atoms with Gasteiger partial charge >= 0.3 is 0 Å². The van der Waals surface area contributed by atoms with Crippen molar-refractivity contribution in [3.63, 3.8) is 0 Å². The predicted molar refractivity (Wildman–Crippen MR) is 67.5 cm³/mol. The Morgan fingerprint density at radius 3 is 2.38 bits per heavy atom. The summed E-state index contributed by atoms with van der Waals surface area (Å²) in [5.74, 6) is 0. The Labute approximate surface area is 98.0 Å². The van der Waals surface area contributed by atoms with Gasteiger partial charge in [0, 0.05) is 6.54 Å². The summed E-state index contributed by atoms with van der Waals surface area (Å²) in [7, 11) is 0. The molecule has 3 nitrogen and oxygen atoms in total. The minimum Gasteiger partial charge on any atom is -0.297 e. The third-order valence-corrected chi connectivity index (χ3v) is 2.67. The molecule has 2 N–H and O–H groups in total. The first kappa shape index (κ1) is 13.0. The summed E-state index contributed by atoms with van der Waals surface area (Å²) in [5.41, 5.74) is 3.24. The van der Waals surface area contributed by atoms with Crippen LogP contribution in [0.15, 0.2) is 30.3 Å². The molecule has 0 saturated heterocycles. The molecule has 0 saturated carbocycles. The van der Waals surface area contributed by atoms with Gasteiger partial charge in [0.25, 0.3) is 0 Å². The zero-order chi connectivity index (χ0) is 11.6. The standard InChI is InChI=1S/C13H22N2O/c1-2-3-4-5-9-12-15(14-16)13-10-7-6-8-11-13/h6-8,10-11,14,16H,2-5,9,12H2,1H3. The molecule has 0 aliphatic heterocycles. The number of unbranched alkanes of at least 4 members (excludes halogenated alkanes) is 4. The molecule has 0 atom stereocenters. The van der Waals surface area contributed by atoms with Crippen LogP contribution in [-0.4, -0.2) is 11.8 Å². The molecule has 1 aromatic carbocycles. The van der Waals surface area contributed by atoms with E-state index in [0.717, 1.165) is 18.7 Å². The second kappa shape index (κ2) is 8.13. The van der Waals surface area contributed by atoms with Crippen LogP contribution in [0.5, 0.6) is 0 Å². The quantitative estimate of drug-likeness (QED) is 0.523. The van der Waals surface area contributed by atoms with E-state index in [1.165, 1.54) is 25.7 Å². The fourth-order valence-corrected chi connectivity index (χ4v) is 1.72. The number of para-hydroxylation sites is 1. The molecule has 90 valence electrons. The fraction of sp³-hybridized carbons (Fsp3) is 0.538. The molecular weight excluding hydrogens is 200 g/mol. The number of hydrogen-bond donors (Lipinski definition) is 2. The second-order valence-corrected chi connectivity index (χ2v) is 4.00. The topological polar surface area (TPSA) is 35.5 Å². The Bertz CT molecular complexity index is 264. The summed E-state index contributed by atoms with van der Waals surface area (Å²) >= 11 is 0. The van der Waals surface area contributed by atoms with Gasteiger partial charge in [-0.2, -0.15) is 0 Å². The number of benzene rings is 1. The summed E-state index contributed by atoms with van der Waals surface area (Å²) in [6, 6.07) is 9.87. The van der Waals surface area contributed by atoms with Gasteiger partial charge in [0.2, 0.25) is 0 Å². The van der Waals surface area contributed by atoms with Crippen LogP contribution in [-0.2, 0) is 0 Å². The third-order valence-electron chi connectivity index (χ3n) is 2.67. The molecule has 0 amide bonds. The van der Waals surface area contributed by atoms with Gasteiger partial charge in [-0.05, 0) is 18.6 Å². The highest BCUT2D eigenvalue weighted by atomic mass is 16.5. The summed E-state index contributed by atoms with van der Waals surface area (Å²) in [4.78, 5) is 0. The van der Waals surface area contributed by atoms with Gasteiger partial charge in [0.1, 0.15) is 0 Å². The molecule has 0 aliphatic carbocycles. The van der Waals surface area contributed by atoms with E-state index in [4.69, 9.17) is 5.21 Å². The molecule has 16 heavy (non-hydrogen) atoms. The van der Waals surface area contributed by atoms with Crippen LogP contribution in [0, 0.1) is 0 Å². The zero-order valence-corrected chi connectivity index (χ0v) is 10.0. The maximum absolute atomic E-state index is 9.06. The van der Waals surface area contributed by atoms with E-state index < -0.39 is 0 Å². The highest BCUT2D eigenvalue weighted by Gasteiger charge is 2.03. The smallest absolute Gasteiger partial charge is 0.0541 e. The molecule has 0 aliphatic rings. The molecule has 0 heterocycles. The molecule has 0 aromatic heterocycles. The third kappa shape index (κ3) is 4.64. The van der Waals surface area contributed by atoms with Gasteiger partial charge in [-0.25, -0.2) is 0 Å². The zero-order valence-electron chi connectivity index (χ0n) is 10.0. The Balaban J connectivity index is 2.27. The van der Waals surface area contributed by atoms with Crippen LogP contribution in [0.4, 0.5) is 5.69 Å². The Hall–Kier alpha value is -1.06. The van der Waals surface area contributed by atoms with Crippen molar-refractivity contribution >= 4 is 5.69 Å². The van der Waals surface area contributed by atoms with Crippen LogP contribution < -0.4 is 10.6 Å². The number of hydrogen-bond acceptors (Lipinski definition) is 3. The lowest BCUT2D eigenvalue weighted by molar-refractivity contribution is 0.153. The van der Waals surface area contributed by atoms with Crippen molar-refractivity contribution in [2.45, 2.75) is 39.0 Å². The second-order valence-electron chi connectivity index (χ2n) is 4.00. The molecular formula is C13H22N2O. The minimum absolute atomic E-state index is 0.838. The first-order valence-corrected chi connectivity index (χ1v) is 6.10. The monoisotopic (exact) mass is 222 g/mol. The summed E-state index contributed by atoms with van der Waals surface area (Å²) in [6.45, 7) is 3.05. The van der Waals surface area contributed by atoms with E-state index >= 15 is 0 Å². The highest BCUT2D eigenvalue weighted by Crippen LogP contribution is 2.12. The maximum atomic E-state index is 9.06. The van der Waals surface area contributed by atoms with Gasteiger partial charge in [-0.15, -0.1) is 5.59 Å². The van der Waals surface area contributed by atoms with Crippen LogP contribution in [0.25, 0.3) is 0 Å². The van der Waals surface area contributed by atoms with Crippen LogP contribution in [0.1, 0.15) is 39.0 Å². The van der Waals surface area contributed by atoms with Crippen molar-refractivity contribution < 1.29 is 5.21 Å². The van der Waals surface area contributed by atoms with Crippen molar-refractivity contribution in [2.24, 2.45) is 0 Å². The SMILES string of the molecule is CCCCCCCN(NO)c1ccccc1. The Morgan fingerprint density at radius 1 is 1.06 bits per heavy atom. The van der Waals surface area contributed by atoms with Crippen LogP contribution >= 0.6 is 0 Å². The number of hydrazine groups is 1. The lowest BCUT2D eigenvalue weighted by atomic mass is 10.1. The van der Waals surface area contributed by atoms with E-state index in [1.807, 2.05) is 30.3 Å². The largest absolute Gasteiger partial charge is 0.297 e. The summed E-state index contributed by atoms with van der Waals surface area (Å²) in [5, 5.41) is 10.8. The van der Waals surface area contributed by atoms with Crippen molar-refractivity contribution in [2.75, 3.05) is 11.6 Å². The molecule has 0 radical (unpaired) electrons. The molecule has 0 unspecified atom stereocenters. The van der Waals surface area contributed by atoms with Gasteiger partial charge in [0.05, 0.1) is 5.69 Å². The Kier molecular flexibility index (Phi) is 6.61. The Morgan fingerprint density at radius 2 is 1.75 bits per heavy atom. The van der Waals surface area contributed by atoms with Crippen molar-refractivity contribution in [1.82, 2.24) is 5.59 Å². The average Bonchev–Trinajstić information content (AvgIpc) is 2.35. The van der Waals surface area contributed by atoms with E-state index in [0.29, 0.717) is 0 Å². The minimum atomic E-state index is 0.838. The van der Waals surface area contributed by atoms with Crippen molar-refractivity contribution in [3.05, 3.63) is 30.3 Å². The van der Waals surface area contributed by atoms with E-state index in [1.54, 1.807) is 5.01 Å². The van der Waals surface area contributed by atoms with Crippen LogP contribution in [0.3, 0.4) is 0 Å². The number of nitrogens with zero attached hydrogens (tertiary/aromatic N) is 1. The van der Waals surface area contributed by atoms with Gasteiger partial charge in [-0.1, -0.05) is 50.8 Å². The van der Waals surface area contributed by atoms with Gasteiger partial charge < -0.3 is 0 Å². The average molecular weight is 222 g/mol. The highest BCUT2D eigenvalue weighted by molar-refractivity contribution is 5.44. The normalized spacial score (nSPS) is 10.4. The van der Waals surface area contributed by atoms with Gasteiger partial charge in [-0.3, -0.25) is 10.2 Å². The summed E-state index contributed by atoms with van der Waals surface area (Å²) < 4.78 is 0. The number of nitrogens with one attached hydrogen (secondary N) is 1. The molecule has 1 rings (SSSR count). The number of anilines is 1. The fourth-order valence-electron chi connectivity index (χ4n) is 1.72.